The van der Waals surface area contributed by atoms with Gasteiger partial charge in [-0.15, -0.1) is 0 Å². The number of fused-ring (bicyclic) bond motifs is 1. The number of benzene rings is 2. The average Bonchev–Trinajstić information content (AvgIpc) is 2.45. The molecule has 5 heteroatoms. The highest BCUT2D eigenvalue weighted by molar-refractivity contribution is 9.10. The fraction of sp³-hybridized carbons (Fsp3) is 0.200. The van der Waals surface area contributed by atoms with E-state index < -0.39 is 11.6 Å². The lowest BCUT2D eigenvalue weighted by Crippen LogP contribution is -2.21. The smallest absolute Gasteiger partial charge is 0.147 e. The van der Waals surface area contributed by atoms with Crippen LogP contribution in [0.15, 0.2) is 34.8 Å². The quantitative estimate of drug-likeness (QED) is 0.722. The molecule has 1 heterocycles. The van der Waals surface area contributed by atoms with Crippen molar-refractivity contribution in [3.63, 3.8) is 0 Å². The first-order chi connectivity index (χ1) is 9.58. The van der Waals surface area contributed by atoms with Crippen LogP contribution in [0, 0.1) is 17.5 Å². The summed E-state index contributed by atoms with van der Waals surface area (Å²) in [4.78, 5) is 0. The van der Waals surface area contributed by atoms with E-state index in [-0.39, 0.29) is 22.0 Å². The van der Waals surface area contributed by atoms with Gasteiger partial charge in [0.25, 0.3) is 0 Å². The Morgan fingerprint density at radius 2 is 1.85 bits per heavy atom. The summed E-state index contributed by atoms with van der Waals surface area (Å²) in [5.41, 5.74) is 0.913. The van der Waals surface area contributed by atoms with Gasteiger partial charge in [-0.25, -0.2) is 13.2 Å². The lowest BCUT2D eigenvalue weighted by molar-refractivity contribution is 0.536. The topological polar surface area (TPSA) is 12.0 Å². The molecule has 0 aliphatic carbocycles. The summed E-state index contributed by atoms with van der Waals surface area (Å²) >= 11 is 2.99. The fourth-order valence-electron chi connectivity index (χ4n) is 2.56. The summed E-state index contributed by atoms with van der Waals surface area (Å²) in [6.07, 6.45) is 0.879. The Labute approximate surface area is 122 Å². The molecule has 0 bridgehead atoms. The molecule has 0 amide bonds. The summed E-state index contributed by atoms with van der Waals surface area (Å²) in [7, 11) is 0. The third kappa shape index (κ3) is 2.20. The molecule has 0 saturated carbocycles. The van der Waals surface area contributed by atoms with Gasteiger partial charge in [-0.1, -0.05) is 18.2 Å². The summed E-state index contributed by atoms with van der Waals surface area (Å²) in [6.45, 7) is 0. The molecule has 1 atom stereocenters. The molecule has 0 aromatic heterocycles. The van der Waals surface area contributed by atoms with Crippen molar-refractivity contribution in [1.29, 1.82) is 0 Å². The van der Waals surface area contributed by atoms with Gasteiger partial charge in [0.2, 0.25) is 0 Å². The standard InChI is InChI=1S/C15H11BrF3N/c16-10-7-12(18)15-9(14(10)19)5-6-13(20-15)8-3-1-2-4-11(8)17/h1-4,7,13,20H,5-6H2. The Balaban J connectivity index is 2.01. The van der Waals surface area contributed by atoms with Gasteiger partial charge in [0, 0.05) is 11.1 Å². The Hall–Kier alpha value is -1.49. The molecule has 1 unspecified atom stereocenters. The summed E-state index contributed by atoms with van der Waals surface area (Å²) < 4.78 is 41.8. The number of hydrogen-bond donors (Lipinski definition) is 1. The van der Waals surface area contributed by atoms with Crippen LogP contribution in [0.5, 0.6) is 0 Å². The van der Waals surface area contributed by atoms with Crippen LogP contribution >= 0.6 is 15.9 Å². The maximum absolute atomic E-state index is 13.9. The van der Waals surface area contributed by atoms with E-state index in [9.17, 15) is 13.2 Å². The van der Waals surface area contributed by atoms with Gasteiger partial charge in [0.15, 0.2) is 0 Å². The van der Waals surface area contributed by atoms with Crippen molar-refractivity contribution >= 4 is 21.6 Å². The molecule has 0 radical (unpaired) electrons. The van der Waals surface area contributed by atoms with Crippen molar-refractivity contribution in [2.75, 3.05) is 5.32 Å². The van der Waals surface area contributed by atoms with E-state index in [0.29, 0.717) is 24.0 Å². The molecular formula is C15H11BrF3N. The van der Waals surface area contributed by atoms with Crippen molar-refractivity contribution in [2.24, 2.45) is 0 Å². The minimum atomic E-state index is -0.533. The number of hydrogen-bond acceptors (Lipinski definition) is 1. The van der Waals surface area contributed by atoms with Gasteiger partial charge in [0.05, 0.1) is 16.2 Å². The lowest BCUT2D eigenvalue weighted by Gasteiger charge is -2.28. The summed E-state index contributed by atoms with van der Waals surface area (Å²) in [5.74, 6) is -1.33. The lowest BCUT2D eigenvalue weighted by atomic mass is 9.92. The Morgan fingerprint density at radius 3 is 2.60 bits per heavy atom. The maximum atomic E-state index is 13.9. The van der Waals surface area contributed by atoms with Crippen LogP contribution in [-0.2, 0) is 6.42 Å². The molecule has 1 N–H and O–H groups in total. The summed E-state index contributed by atoms with van der Waals surface area (Å²) in [5, 5.41) is 2.91. The summed E-state index contributed by atoms with van der Waals surface area (Å²) in [6, 6.07) is 7.10. The molecule has 0 saturated heterocycles. The molecule has 20 heavy (non-hydrogen) atoms. The highest BCUT2D eigenvalue weighted by atomic mass is 79.9. The Morgan fingerprint density at radius 1 is 1.10 bits per heavy atom. The van der Waals surface area contributed by atoms with Crippen LogP contribution in [0.4, 0.5) is 18.9 Å². The van der Waals surface area contributed by atoms with Crippen LogP contribution in [0.2, 0.25) is 0 Å². The minimum Gasteiger partial charge on any atom is -0.375 e. The van der Waals surface area contributed by atoms with E-state index >= 15 is 0 Å². The van der Waals surface area contributed by atoms with E-state index in [1.54, 1.807) is 18.2 Å². The van der Waals surface area contributed by atoms with Gasteiger partial charge in [-0.05, 0) is 40.9 Å². The zero-order valence-electron chi connectivity index (χ0n) is 10.4. The van der Waals surface area contributed by atoms with Crippen LogP contribution < -0.4 is 5.32 Å². The largest absolute Gasteiger partial charge is 0.375 e. The molecule has 1 aliphatic heterocycles. The van der Waals surface area contributed by atoms with Crippen LogP contribution in [0.25, 0.3) is 0 Å². The average molecular weight is 342 g/mol. The second-order valence-electron chi connectivity index (χ2n) is 4.76. The first-order valence-corrected chi connectivity index (χ1v) is 7.04. The highest BCUT2D eigenvalue weighted by Crippen LogP contribution is 2.38. The van der Waals surface area contributed by atoms with Crippen molar-refractivity contribution in [3.8, 4) is 0 Å². The second-order valence-corrected chi connectivity index (χ2v) is 5.62. The van der Waals surface area contributed by atoms with E-state index in [0.717, 1.165) is 6.07 Å². The highest BCUT2D eigenvalue weighted by Gasteiger charge is 2.27. The second kappa shape index (κ2) is 5.13. The number of halogens is 4. The molecular weight excluding hydrogens is 331 g/mol. The monoisotopic (exact) mass is 341 g/mol. The molecule has 2 aromatic rings. The van der Waals surface area contributed by atoms with Crippen molar-refractivity contribution in [1.82, 2.24) is 0 Å². The maximum Gasteiger partial charge on any atom is 0.147 e. The first kappa shape index (κ1) is 13.5. The Kier molecular flexibility index (Phi) is 3.46. The molecule has 0 spiro atoms. The first-order valence-electron chi connectivity index (χ1n) is 6.25. The predicted octanol–water partition coefficient (Wildman–Crippen LogP) is 4.97. The zero-order chi connectivity index (χ0) is 14.3. The van der Waals surface area contributed by atoms with Crippen molar-refractivity contribution in [3.05, 3.63) is 63.4 Å². The van der Waals surface area contributed by atoms with Crippen molar-refractivity contribution < 1.29 is 13.2 Å². The van der Waals surface area contributed by atoms with Crippen molar-refractivity contribution in [2.45, 2.75) is 18.9 Å². The zero-order valence-corrected chi connectivity index (χ0v) is 12.0. The Bertz CT molecular complexity index is 672. The fourth-order valence-corrected chi connectivity index (χ4v) is 3.00. The van der Waals surface area contributed by atoms with E-state index in [1.807, 2.05) is 0 Å². The number of nitrogens with one attached hydrogen (secondary N) is 1. The normalized spacial score (nSPS) is 17.5. The van der Waals surface area contributed by atoms with Gasteiger partial charge < -0.3 is 5.32 Å². The molecule has 0 fully saturated rings. The van der Waals surface area contributed by atoms with E-state index in [4.69, 9.17) is 0 Å². The third-order valence-corrected chi connectivity index (χ3v) is 4.13. The van der Waals surface area contributed by atoms with Gasteiger partial charge >= 0.3 is 0 Å². The van der Waals surface area contributed by atoms with Crippen LogP contribution in [0.3, 0.4) is 0 Å². The molecule has 2 aromatic carbocycles. The van der Waals surface area contributed by atoms with Crippen LogP contribution in [0.1, 0.15) is 23.6 Å². The van der Waals surface area contributed by atoms with Crippen LogP contribution in [-0.4, -0.2) is 0 Å². The van der Waals surface area contributed by atoms with Gasteiger partial charge in [-0.2, -0.15) is 0 Å². The van der Waals surface area contributed by atoms with E-state index in [2.05, 4.69) is 21.2 Å². The molecule has 3 rings (SSSR count). The van der Waals surface area contributed by atoms with Gasteiger partial charge in [-0.3, -0.25) is 0 Å². The molecule has 104 valence electrons. The predicted molar refractivity (Wildman–Crippen MR) is 75.1 cm³/mol. The SMILES string of the molecule is Fc1ccccc1C1CCc2c(F)c(Br)cc(F)c2N1. The number of rotatable bonds is 1. The number of anilines is 1. The third-order valence-electron chi connectivity index (χ3n) is 3.55. The van der Waals surface area contributed by atoms with Gasteiger partial charge in [0.1, 0.15) is 17.5 Å². The van der Waals surface area contributed by atoms with E-state index in [1.165, 1.54) is 6.07 Å². The minimum absolute atomic E-state index is 0.111. The molecule has 1 aliphatic rings. The molecule has 1 nitrogen and oxygen atoms in total.